The van der Waals surface area contributed by atoms with Gasteiger partial charge in [0, 0.05) is 5.54 Å². The molecule has 0 bridgehead atoms. The highest BCUT2D eigenvalue weighted by atomic mass is 16.6. The number of aryl methyl sites for hydroxylation is 2. The average Bonchev–Trinajstić information content (AvgIpc) is 2.58. The third kappa shape index (κ3) is 8.28. The topological polar surface area (TPSA) is 112 Å². The van der Waals surface area contributed by atoms with Gasteiger partial charge in [-0.05, 0) is 72.1 Å². The fourth-order valence-corrected chi connectivity index (χ4v) is 3.09. The predicted molar refractivity (Wildman–Crippen MR) is 118 cm³/mol. The second-order valence-corrected chi connectivity index (χ2v) is 9.48. The van der Waals surface area contributed by atoms with Crippen LogP contribution < -0.4 is 10.6 Å². The lowest BCUT2D eigenvalue weighted by atomic mass is 9.93. The molecule has 0 heterocycles. The Balaban J connectivity index is 3.30. The van der Waals surface area contributed by atoms with Gasteiger partial charge in [-0.3, -0.25) is 9.59 Å². The highest BCUT2D eigenvalue weighted by Gasteiger charge is 2.35. The molecule has 0 saturated heterocycles. The van der Waals surface area contributed by atoms with Crippen molar-refractivity contribution in [3.05, 3.63) is 34.9 Å². The summed E-state index contributed by atoms with van der Waals surface area (Å²) in [4.78, 5) is 39.5. The van der Waals surface area contributed by atoms with Gasteiger partial charge in [-0.1, -0.05) is 18.2 Å². The molecule has 170 valence electrons. The van der Waals surface area contributed by atoms with E-state index in [2.05, 4.69) is 10.6 Å². The summed E-state index contributed by atoms with van der Waals surface area (Å²) < 4.78 is 5.16. The van der Waals surface area contributed by atoms with Gasteiger partial charge >= 0.3 is 6.09 Å². The van der Waals surface area contributed by atoms with Crippen LogP contribution in [0.3, 0.4) is 0 Å². The number of nitrogens with one attached hydrogen (secondary N) is 2. The quantitative estimate of drug-likeness (QED) is 0.674. The Bertz CT molecular complexity index is 840. The highest BCUT2D eigenvalue weighted by molar-refractivity contribution is 5.91. The Labute approximate surface area is 184 Å². The number of alkyl carbamates (subject to hydrolysis) is 1. The Morgan fingerprint density at radius 3 is 2.10 bits per heavy atom. The van der Waals surface area contributed by atoms with E-state index in [1.165, 1.54) is 4.90 Å². The number of benzene rings is 1. The van der Waals surface area contributed by atoms with Crippen molar-refractivity contribution in [1.82, 2.24) is 15.5 Å². The molecular weight excluding hydrogens is 396 g/mol. The first-order valence-electron chi connectivity index (χ1n) is 10.2. The molecule has 0 aliphatic rings. The number of ether oxygens (including phenoxy) is 1. The molecule has 0 aromatic heterocycles. The monoisotopic (exact) mass is 430 g/mol. The van der Waals surface area contributed by atoms with Crippen molar-refractivity contribution in [2.75, 3.05) is 13.1 Å². The van der Waals surface area contributed by atoms with Gasteiger partial charge in [-0.15, -0.1) is 0 Å². The third-order valence-corrected chi connectivity index (χ3v) is 4.22. The van der Waals surface area contributed by atoms with Crippen LogP contribution in [-0.4, -0.2) is 47.0 Å². The minimum absolute atomic E-state index is 0.315. The minimum Gasteiger partial charge on any atom is -0.444 e. The fraction of sp³-hybridized carbons (Fsp3) is 0.565. The summed E-state index contributed by atoms with van der Waals surface area (Å²) in [7, 11) is 0. The number of hydrogen-bond acceptors (Lipinski definition) is 5. The van der Waals surface area contributed by atoms with Gasteiger partial charge in [0.1, 0.15) is 24.7 Å². The summed E-state index contributed by atoms with van der Waals surface area (Å²) in [6, 6.07) is 6.52. The number of hydrogen-bond donors (Lipinski definition) is 2. The Kier molecular flexibility index (Phi) is 8.62. The Morgan fingerprint density at radius 2 is 1.65 bits per heavy atom. The largest absolute Gasteiger partial charge is 0.444 e. The molecule has 2 N–H and O–H groups in total. The molecule has 3 amide bonds. The van der Waals surface area contributed by atoms with Gasteiger partial charge < -0.3 is 20.3 Å². The number of carbonyl (C=O) groups is 3. The molecule has 1 atom stereocenters. The van der Waals surface area contributed by atoms with E-state index in [1.807, 2.05) is 58.9 Å². The first-order valence-corrected chi connectivity index (χ1v) is 10.2. The first kappa shape index (κ1) is 26.0. The molecule has 31 heavy (non-hydrogen) atoms. The standard InChI is InChI=1S/C23H34N4O4/c1-15-10-9-11-16(2)18(15)19(20(29)26-22(3,4)5)27(13-12-24)17(28)14-25-21(30)31-23(6,7)8/h9-11,19H,13-14H2,1-8H3,(H,25,30)(H,26,29). The van der Waals surface area contributed by atoms with Crippen molar-refractivity contribution in [3.63, 3.8) is 0 Å². The summed E-state index contributed by atoms with van der Waals surface area (Å²) in [6.45, 7) is 13.7. The van der Waals surface area contributed by atoms with Crippen LogP contribution in [0.2, 0.25) is 0 Å². The van der Waals surface area contributed by atoms with Gasteiger partial charge in [-0.25, -0.2) is 4.79 Å². The number of nitrogens with zero attached hydrogens (tertiary/aromatic N) is 2. The summed E-state index contributed by atoms with van der Waals surface area (Å²) in [5.74, 6) is -0.963. The maximum absolute atomic E-state index is 13.3. The highest BCUT2D eigenvalue weighted by Crippen LogP contribution is 2.28. The van der Waals surface area contributed by atoms with Gasteiger partial charge in [0.15, 0.2) is 0 Å². The molecular formula is C23H34N4O4. The lowest BCUT2D eigenvalue weighted by Crippen LogP contribution is -2.51. The van der Waals surface area contributed by atoms with E-state index in [9.17, 15) is 19.6 Å². The van der Waals surface area contributed by atoms with Gasteiger partial charge in [-0.2, -0.15) is 5.26 Å². The van der Waals surface area contributed by atoms with Crippen LogP contribution in [0.5, 0.6) is 0 Å². The maximum Gasteiger partial charge on any atom is 0.408 e. The van der Waals surface area contributed by atoms with E-state index < -0.39 is 41.6 Å². The minimum atomic E-state index is -1.02. The van der Waals surface area contributed by atoms with Crippen LogP contribution in [0.25, 0.3) is 0 Å². The fourth-order valence-electron chi connectivity index (χ4n) is 3.09. The smallest absolute Gasteiger partial charge is 0.408 e. The second-order valence-electron chi connectivity index (χ2n) is 9.48. The number of carbonyl (C=O) groups excluding carboxylic acids is 3. The van der Waals surface area contributed by atoms with Crippen LogP contribution in [0.4, 0.5) is 4.79 Å². The first-order chi connectivity index (χ1) is 14.2. The molecule has 0 spiro atoms. The van der Waals surface area contributed by atoms with Crippen molar-refractivity contribution in [2.45, 2.75) is 72.6 Å². The molecule has 1 aromatic rings. The van der Waals surface area contributed by atoms with Crippen molar-refractivity contribution >= 4 is 17.9 Å². The average molecular weight is 431 g/mol. The molecule has 0 radical (unpaired) electrons. The van der Waals surface area contributed by atoms with Crippen LogP contribution in [-0.2, 0) is 14.3 Å². The molecule has 8 heteroatoms. The van der Waals surface area contributed by atoms with E-state index in [4.69, 9.17) is 4.74 Å². The van der Waals surface area contributed by atoms with E-state index >= 15 is 0 Å². The van der Waals surface area contributed by atoms with Crippen LogP contribution in [0.15, 0.2) is 18.2 Å². The van der Waals surface area contributed by atoms with E-state index in [0.29, 0.717) is 5.56 Å². The van der Waals surface area contributed by atoms with E-state index in [1.54, 1.807) is 20.8 Å². The zero-order valence-corrected chi connectivity index (χ0v) is 19.8. The molecule has 0 aliphatic carbocycles. The Morgan fingerprint density at radius 1 is 1.10 bits per heavy atom. The SMILES string of the molecule is Cc1cccc(C)c1C(C(=O)NC(C)(C)C)N(CC#N)C(=O)CNC(=O)OC(C)(C)C. The van der Waals surface area contributed by atoms with E-state index in [0.717, 1.165) is 11.1 Å². The van der Waals surface area contributed by atoms with Crippen LogP contribution in [0.1, 0.15) is 64.3 Å². The van der Waals surface area contributed by atoms with Crippen LogP contribution in [0, 0.1) is 25.2 Å². The third-order valence-electron chi connectivity index (χ3n) is 4.22. The molecule has 1 aromatic carbocycles. The van der Waals surface area contributed by atoms with Crippen molar-refractivity contribution in [1.29, 1.82) is 5.26 Å². The molecule has 1 rings (SSSR count). The number of amides is 3. The Hall–Kier alpha value is -3.08. The predicted octanol–water partition coefficient (Wildman–Crippen LogP) is 3.14. The molecule has 0 aliphatic heterocycles. The van der Waals surface area contributed by atoms with Crippen molar-refractivity contribution < 1.29 is 19.1 Å². The zero-order valence-electron chi connectivity index (χ0n) is 19.8. The van der Waals surface area contributed by atoms with Gasteiger partial charge in [0.25, 0.3) is 0 Å². The summed E-state index contributed by atoms with van der Waals surface area (Å²) in [6.07, 6.45) is -0.750. The van der Waals surface area contributed by atoms with E-state index in [-0.39, 0.29) is 6.54 Å². The molecule has 8 nitrogen and oxygen atoms in total. The zero-order chi connectivity index (χ0) is 24.0. The molecule has 1 unspecified atom stereocenters. The second kappa shape index (κ2) is 10.3. The van der Waals surface area contributed by atoms with Gasteiger partial charge in [0.2, 0.25) is 11.8 Å². The normalized spacial score (nSPS) is 12.4. The summed E-state index contributed by atoms with van der Waals surface area (Å²) in [5, 5.41) is 14.7. The number of nitriles is 1. The van der Waals surface area contributed by atoms with Gasteiger partial charge in [0.05, 0.1) is 6.07 Å². The lowest BCUT2D eigenvalue weighted by Gasteiger charge is -2.34. The van der Waals surface area contributed by atoms with Crippen molar-refractivity contribution in [3.8, 4) is 6.07 Å². The summed E-state index contributed by atoms with van der Waals surface area (Å²) >= 11 is 0. The molecule has 0 fully saturated rings. The maximum atomic E-state index is 13.3. The lowest BCUT2D eigenvalue weighted by molar-refractivity contribution is -0.140. The molecule has 0 saturated carbocycles. The van der Waals surface area contributed by atoms with Crippen molar-refractivity contribution in [2.24, 2.45) is 0 Å². The summed E-state index contributed by atoms with van der Waals surface area (Å²) in [5.41, 5.74) is 1.05. The number of rotatable bonds is 6. The van der Waals surface area contributed by atoms with Crippen LogP contribution >= 0.6 is 0 Å².